The van der Waals surface area contributed by atoms with Crippen LogP contribution in [0.3, 0.4) is 0 Å². The molecule has 0 aliphatic heterocycles. The minimum atomic E-state index is -0.187. The molecule has 2 aromatic carbocycles. The molecule has 2 aromatic rings. The zero-order valence-corrected chi connectivity index (χ0v) is 12.9. The van der Waals surface area contributed by atoms with E-state index in [4.69, 9.17) is 0 Å². The van der Waals surface area contributed by atoms with E-state index in [1.165, 1.54) is 17.7 Å². The van der Waals surface area contributed by atoms with Gasteiger partial charge in [0.2, 0.25) is 0 Å². The van der Waals surface area contributed by atoms with Crippen LogP contribution in [-0.2, 0) is 6.42 Å². The Morgan fingerprint density at radius 2 is 1.67 bits per heavy atom. The summed E-state index contributed by atoms with van der Waals surface area (Å²) in [5.74, 6) is 0.164. The Hall–Kier alpha value is -0.670. The van der Waals surface area contributed by atoms with Gasteiger partial charge in [-0.15, -0.1) is 0 Å². The van der Waals surface area contributed by atoms with Gasteiger partial charge < -0.3 is 0 Å². The summed E-state index contributed by atoms with van der Waals surface area (Å²) in [4.78, 5) is 0. The fraction of sp³-hybridized carbons (Fsp3) is 0.200. The van der Waals surface area contributed by atoms with Crippen LogP contribution in [-0.4, -0.2) is 5.33 Å². The molecule has 0 bridgehead atoms. The van der Waals surface area contributed by atoms with Crippen molar-refractivity contribution in [3.8, 4) is 0 Å². The van der Waals surface area contributed by atoms with Crippen molar-refractivity contribution < 1.29 is 4.39 Å². The summed E-state index contributed by atoms with van der Waals surface area (Å²) in [6.45, 7) is 0. The van der Waals surface area contributed by atoms with Gasteiger partial charge in [-0.3, -0.25) is 0 Å². The van der Waals surface area contributed by atoms with Crippen LogP contribution in [0.4, 0.5) is 4.39 Å². The van der Waals surface area contributed by atoms with Crippen molar-refractivity contribution in [1.82, 2.24) is 0 Å². The number of alkyl halides is 1. The van der Waals surface area contributed by atoms with E-state index in [1.807, 2.05) is 30.3 Å². The van der Waals surface area contributed by atoms with Gasteiger partial charge in [-0.05, 0) is 41.7 Å². The maximum atomic E-state index is 12.9. The Morgan fingerprint density at radius 1 is 1.00 bits per heavy atom. The summed E-state index contributed by atoms with van der Waals surface area (Å²) in [5.41, 5.74) is 2.43. The zero-order chi connectivity index (χ0) is 13.0. The normalized spacial score (nSPS) is 12.4. The van der Waals surface area contributed by atoms with Crippen LogP contribution >= 0.6 is 31.9 Å². The first-order chi connectivity index (χ1) is 8.70. The topological polar surface area (TPSA) is 0 Å². The van der Waals surface area contributed by atoms with Gasteiger partial charge in [0.05, 0.1) is 0 Å². The summed E-state index contributed by atoms with van der Waals surface area (Å²) < 4.78 is 14.0. The maximum Gasteiger partial charge on any atom is 0.123 e. The standard InChI is InChI=1S/C15H13Br2F/c16-10-13(11-5-7-14(18)8-6-11)9-12-3-1-2-4-15(12)17/h1-8,13H,9-10H2. The lowest BCUT2D eigenvalue weighted by Gasteiger charge is -2.15. The monoisotopic (exact) mass is 370 g/mol. The Morgan fingerprint density at radius 3 is 2.28 bits per heavy atom. The van der Waals surface area contributed by atoms with Crippen LogP contribution in [0.2, 0.25) is 0 Å². The minimum Gasteiger partial charge on any atom is -0.207 e. The van der Waals surface area contributed by atoms with Gasteiger partial charge >= 0.3 is 0 Å². The molecule has 3 heteroatoms. The summed E-state index contributed by atoms with van der Waals surface area (Å²) >= 11 is 7.11. The Balaban J connectivity index is 2.20. The van der Waals surface area contributed by atoms with E-state index in [0.29, 0.717) is 5.92 Å². The number of rotatable bonds is 4. The molecule has 0 saturated carbocycles. The lowest BCUT2D eigenvalue weighted by molar-refractivity contribution is 0.625. The van der Waals surface area contributed by atoms with Gasteiger partial charge in [-0.1, -0.05) is 62.2 Å². The Kier molecular flexibility index (Phi) is 4.95. The second-order valence-electron chi connectivity index (χ2n) is 4.20. The first-order valence-corrected chi connectivity index (χ1v) is 7.67. The average molecular weight is 372 g/mol. The second kappa shape index (κ2) is 6.48. The van der Waals surface area contributed by atoms with Gasteiger partial charge in [0.25, 0.3) is 0 Å². The van der Waals surface area contributed by atoms with Gasteiger partial charge in [0.15, 0.2) is 0 Å². The minimum absolute atomic E-state index is 0.187. The van der Waals surface area contributed by atoms with Gasteiger partial charge in [0.1, 0.15) is 5.82 Å². The Bertz CT molecular complexity index is 508. The summed E-state index contributed by atoms with van der Waals surface area (Å²) in [5, 5.41) is 0.861. The summed E-state index contributed by atoms with van der Waals surface area (Å²) in [6, 6.07) is 15.0. The van der Waals surface area contributed by atoms with Crippen molar-refractivity contribution in [3.63, 3.8) is 0 Å². The van der Waals surface area contributed by atoms with E-state index in [-0.39, 0.29) is 5.82 Å². The lowest BCUT2D eigenvalue weighted by Crippen LogP contribution is -2.05. The molecule has 0 aliphatic rings. The predicted octanol–water partition coefficient (Wildman–Crippen LogP) is 5.31. The first kappa shape index (κ1) is 13.8. The molecule has 2 rings (SSSR count). The molecule has 0 spiro atoms. The molecule has 0 saturated heterocycles. The van der Waals surface area contributed by atoms with Crippen molar-refractivity contribution >= 4 is 31.9 Å². The maximum absolute atomic E-state index is 12.9. The molecule has 1 unspecified atom stereocenters. The molecule has 0 N–H and O–H groups in total. The van der Waals surface area contributed by atoms with E-state index in [1.54, 1.807) is 0 Å². The van der Waals surface area contributed by atoms with E-state index in [2.05, 4.69) is 37.9 Å². The van der Waals surface area contributed by atoms with E-state index in [0.717, 1.165) is 21.8 Å². The molecule has 0 aromatic heterocycles. The predicted molar refractivity (Wildman–Crippen MR) is 80.8 cm³/mol. The van der Waals surface area contributed by atoms with Crippen LogP contribution in [0.1, 0.15) is 17.0 Å². The molecular formula is C15H13Br2F. The molecule has 18 heavy (non-hydrogen) atoms. The van der Waals surface area contributed by atoms with Crippen molar-refractivity contribution in [2.45, 2.75) is 12.3 Å². The van der Waals surface area contributed by atoms with E-state index < -0.39 is 0 Å². The fourth-order valence-corrected chi connectivity index (χ4v) is 2.98. The fourth-order valence-electron chi connectivity index (χ4n) is 1.93. The highest BCUT2D eigenvalue weighted by molar-refractivity contribution is 9.10. The molecule has 0 amide bonds. The highest BCUT2D eigenvalue weighted by Crippen LogP contribution is 2.27. The molecule has 0 heterocycles. The highest BCUT2D eigenvalue weighted by atomic mass is 79.9. The lowest BCUT2D eigenvalue weighted by atomic mass is 9.94. The van der Waals surface area contributed by atoms with Gasteiger partial charge in [-0.2, -0.15) is 0 Å². The molecule has 0 nitrogen and oxygen atoms in total. The third kappa shape index (κ3) is 3.42. The van der Waals surface area contributed by atoms with Crippen LogP contribution < -0.4 is 0 Å². The van der Waals surface area contributed by atoms with Crippen molar-refractivity contribution in [3.05, 3.63) is 69.9 Å². The highest BCUT2D eigenvalue weighted by Gasteiger charge is 2.12. The molecule has 0 aliphatic carbocycles. The van der Waals surface area contributed by atoms with Crippen molar-refractivity contribution in [2.75, 3.05) is 5.33 Å². The van der Waals surface area contributed by atoms with E-state index >= 15 is 0 Å². The first-order valence-electron chi connectivity index (χ1n) is 5.75. The third-order valence-corrected chi connectivity index (χ3v) is 4.51. The molecule has 1 atom stereocenters. The number of hydrogen-bond donors (Lipinski definition) is 0. The molecule has 0 fully saturated rings. The second-order valence-corrected chi connectivity index (χ2v) is 5.70. The molecule has 94 valence electrons. The summed E-state index contributed by atoms with van der Waals surface area (Å²) in [6.07, 6.45) is 0.929. The Labute approximate surface area is 123 Å². The van der Waals surface area contributed by atoms with Crippen molar-refractivity contribution in [2.24, 2.45) is 0 Å². The number of halogens is 3. The van der Waals surface area contributed by atoms with Gasteiger partial charge in [-0.25, -0.2) is 4.39 Å². The SMILES string of the molecule is Fc1ccc(C(CBr)Cc2ccccc2Br)cc1. The largest absolute Gasteiger partial charge is 0.207 e. The zero-order valence-electron chi connectivity index (χ0n) is 9.74. The summed E-state index contributed by atoms with van der Waals surface area (Å²) in [7, 11) is 0. The van der Waals surface area contributed by atoms with Crippen LogP contribution in [0.25, 0.3) is 0 Å². The number of benzene rings is 2. The molecular weight excluding hydrogens is 359 g/mol. The quantitative estimate of drug-likeness (QED) is 0.639. The smallest absolute Gasteiger partial charge is 0.123 e. The van der Waals surface area contributed by atoms with E-state index in [9.17, 15) is 4.39 Å². The van der Waals surface area contributed by atoms with Gasteiger partial charge in [0, 0.05) is 9.80 Å². The molecule has 0 radical (unpaired) electrons. The van der Waals surface area contributed by atoms with Crippen LogP contribution in [0.15, 0.2) is 53.0 Å². The third-order valence-electron chi connectivity index (χ3n) is 2.95. The average Bonchev–Trinajstić information content (AvgIpc) is 2.39. The van der Waals surface area contributed by atoms with Crippen molar-refractivity contribution in [1.29, 1.82) is 0 Å². The number of hydrogen-bond acceptors (Lipinski definition) is 0. The van der Waals surface area contributed by atoms with Crippen LogP contribution in [0, 0.1) is 5.82 Å². The van der Waals surface area contributed by atoms with Crippen LogP contribution in [0.5, 0.6) is 0 Å².